The maximum atomic E-state index is 9.34. The van der Waals surface area contributed by atoms with Crippen molar-refractivity contribution >= 4 is 5.69 Å². The van der Waals surface area contributed by atoms with Crippen LogP contribution in [0.2, 0.25) is 0 Å². The zero-order valence-corrected chi connectivity index (χ0v) is 8.54. The minimum atomic E-state index is 0.350. The quantitative estimate of drug-likeness (QED) is 0.619. The van der Waals surface area contributed by atoms with Crippen LogP contribution in [0, 0.1) is 0 Å². The maximum Gasteiger partial charge on any atom is 0.116 e. The highest BCUT2D eigenvalue weighted by atomic mass is 16.3. The highest BCUT2D eigenvalue weighted by Crippen LogP contribution is 2.29. The summed E-state index contributed by atoms with van der Waals surface area (Å²) in [6.07, 6.45) is 0.978. The Labute approximate surface area is 84.1 Å². The Morgan fingerprint density at radius 3 is 3.07 bits per heavy atom. The van der Waals surface area contributed by atoms with Gasteiger partial charge in [-0.05, 0) is 44.2 Å². The summed E-state index contributed by atoms with van der Waals surface area (Å²) < 4.78 is 0. The topological polar surface area (TPSA) is 44.3 Å². The van der Waals surface area contributed by atoms with Gasteiger partial charge in [-0.2, -0.15) is 0 Å². The Morgan fingerprint density at radius 1 is 1.57 bits per heavy atom. The molecule has 1 aliphatic heterocycles. The van der Waals surface area contributed by atoms with Gasteiger partial charge in [0.15, 0.2) is 0 Å². The first kappa shape index (κ1) is 9.34. The zero-order valence-electron chi connectivity index (χ0n) is 8.54. The number of hydrogen-bond donors (Lipinski definition) is 3. The summed E-state index contributed by atoms with van der Waals surface area (Å²) in [5.74, 6) is 0.350. The average molecular weight is 192 g/mol. The molecule has 0 amide bonds. The normalized spacial score (nSPS) is 21.4. The Hall–Kier alpha value is -1.22. The molecular formula is C11H16N2O. The van der Waals surface area contributed by atoms with Crippen molar-refractivity contribution in [3.63, 3.8) is 0 Å². The molecule has 14 heavy (non-hydrogen) atoms. The van der Waals surface area contributed by atoms with Crippen LogP contribution >= 0.6 is 0 Å². The number of fused-ring (bicyclic) bond motifs is 1. The minimum absolute atomic E-state index is 0.350. The molecule has 3 N–H and O–H groups in total. The molecular weight excluding hydrogens is 176 g/mol. The van der Waals surface area contributed by atoms with Gasteiger partial charge in [0.1, 0.15) is 5.75 Å². The fraction of sp³-hybridized carbons (Fsp3) is 0.455. The molecule has 2 unspecified atom stereocenters. The lowest BCUT2D eigenvalue weighted by atomic mass is 10.1. The van der Waals surface area contributed by atoms with Gasteiger partial charge in [-0.1, -0.05) is 0 Å². The second-order valence-electron chi connectivity index (χ2n) is 3.87. The number of phenols is 1. The van der Waals surface area contributed by atoms with Crippen molar-refractivity contribution in [2.24, 2.45) is 0 Å². The van der Waals surface area contributed by atoms with E-state index in [0.29, 0.717) is 17.8 Å². The Kier molecular flexibility index (Phi) is 2.33. The molecule has 0 saturated carbocycles. The first-order valence-corrected chi connectivity index (χ1v) is 4.96. The zero-order chi connectivity index (χ0) is 10.1. The van der Waals surface area contributed by atoms with Gasteiger partial charge in [0.25, 0.3) is 0 Å². The number of rotatable bonds is 2. The molecule has 0 fully saturated rings. The van der Waals surface area contributed by atoms with Crippen LogP contribution in [0.5, 0.6) is 5.75 Å². The second-order valence-corrected chi connectivity index (χ2v) is 3.87. The van der Waals surface area contributed by atoms with Crippen LogP contribution in [-0.4, -0.2) is 24.2 Å². The van der Waals surface area contributed by atoms with E-state index in [4.69, 9.17) is 0 Å². The predicted octanol–water partition coefficient (Wildman–Crippen LogP) is 1.34. The van der Waals surface area contributed by atoms with Crippen LogP contribution in [0.1, 0.15) is 12.5 Å². The van der Waals surface area contributed by atoms with E-state index in [0.717, 1.165) is 12.1 Å². The van der Waals surface area contributed by atoms with Crippen molar-refractivity contribution in [1.82, 2.24) is 5.32 Å². The third kappa shape index (κ3) is 1.55. The third-order valence-electron chi connectivity index (χ3n) is 2.93. The molecule has 3 heteroatoms. The molecule has 0 saturated heterocycles. The van der Waals surface area contributed by atoms with Crippen LogP contribution < -0.4 is 10.6 Å². The molecule has 0 spiro atoms. The SMILES string of the molecule is CNC(C)C1Cc2cc(O)ccc2N1. The summed E-state index contributed by atoms with van der Waals surface area (Å²) in [7, 11) is 1.97. The van der Waals surface area contributed by atoms with Crippen molar-refractivity contribution in [2.75, 3.05) is 12.4 Å². The number of nitrogens with one attached hydrogen (secondary N) is 2. The van der Waals surface area contributed by atoms with Crippen LogP contribution in [-0.2, 0) is 6.42 Å². The lowest BCUT2D eigenvalue weighted by Gasteiger charge is -2.18. The molecule has 0 aromatic heterocycles. The first-order chi connectivity index (χ1) is 6.70. The van der Waals surface area contributed by atoms with Gasteiger partial charge >= 0.3 is 0 Å². The lowest BCUT2D eigenvalue weighted by Crippen LogP contribution is -2.38. The first-order valence-electron chi connectivity index (χ1n) is 4.96. The van der Waals surface area contributed by atoms with Gasteiger partial charge in [-0.15, -0.1) is 0 Å². The number of phenolic OH excluding ortho intramolecular Hbond substituents is 1. The van der Waals surface area contributed by atoms with Crippen molar-refractivity contribution in [3.8, 4) is 5.75 Å². The van der Waals surface area contributed by atoms with E-state index in [1.165, 1.54) is 5.56 Å². The fourth-order valence-electron chi connectivity index (χ4n) is 1.88. The smallest absolute Gasteiger partial charge is 0.116 e. The van der Waals surface area contributed by atoms with Gasteiger partial charge in [-0.3, -0.25) is 0 Å². The van der Waals surface area contributed by atoms with Gasteiger partial charge in [0.05, 0.1) is 0 Å². The minimum Gasteiger partial charge on any atom is -0.508 e. The maximum absolute atomic E-state index is 9.34. The number of hydrogen-bond acceptors (Lipinski definition) is 3. The fourth-order valence-corrected chi connectivity index (χ4v) is 1.88. The predicted molar refractivity (Wildman–Crippen MR) is 57.7 cm³/mol. The van der Waals surface area contributed by atoms with E-state index in [1.807, 2.05) is 19.2 Å². The lowest BCUT2D eigenvalue weighted by molar-refractivity contribution is 0.474. The van der Waals surface area contributed by atoms with Gasteiger partial charge in [-0.25, -0.2) is 0 Å². The third-order valence-corrected chi connectivity index (χ3v) is 2.93. The number of likely N-dealkylation sites (N-methyl/N-ethyl adjacent to an activating group) is 1. The van der Waals surface area contributed by atoms with Gasteiger partial charge < -0.3 is 15.7 Å². The Morgan fingerprint density at radius 2 is 2.36 bits per heavy atom. The molecule has 0 aliphatic carbocycles. The number of benzene rings is 1. The van der Waals surface area contributed by atoms with Crippen molar-refractivity contribution in [2.45, 2.75) is 25.4 Å². The molecule has 3 nitrogen and oxygen atoms in total. The monoisotopic (exact) mass is 192 g/mol. The van der Waals surface area contributed by atoms with E-state index in [1.54, 1.807) is 6.07 Å². The molecule has 76 valence electrons. The summed E-state index contributed by atoms with van der Waals surface area (Å²) in [6.45, 7) is 2.16. The largest absolute Gasteiger partial charge is 0.508 e. The highest BCUT2D eigenvalue weighted by Gasteiger charge is 2.24. The summed E-state index contributed by atoms with van der Waals surface area (Å²) in [5.41, 5.74) is 2.35. The van der Waals surface area contributed by atoms with Crippen LogP contribution in [0.3, 0.4) is 0 Å². The van der Waals surface area contributed by atoms with Crippen LogP contribution in [0.25, 0.3) is 0 Å². The molecule has 2 atom stereocenters. The van der Waals surface area contributed by atoms with Gasteiger partial charge in [0.2, 0.25) is 0 Å². The Balaban J connectivity index is 2.17. The molecule has 1 heterocycles. The number of aromatic hydroxyl groups is 1. The summed E-state index contributed by atoms with van der Waals surface area (Å²) >= 11 is 0. The van der Waals surface area contributed by atoms with Crippen molar-refractivity contribution in [3.05, 3.63) is 23.8 Å². The molecule has 2 rings (SSSR count). The molecule has 1 aromatic rings. The molecule has 1 aromatic carbocycles. The summed E-state index contributed by atoms with van der Waals surface area (Å²) in [6, 6.07) is 6.36. The van der Waals surface area contributed by atoms with E-state index < -0.39 is 0 Å². The standard InChI is InChI=1S/C11H16N2O/c1-7(12-2)11-6-8-5-9(14)3-4-10(8)13-11/h3-5,7,11-14H,6H2,1-2H3. The van der Waals surface area contributed by atoms with Crippen LogP contribution in [0.4, 0.5) is 5.69 Å². The Bertz CT molecular complexity index is 338. The van der Waals surface area contributed by atoms with Crippen molar-refractivity contribution < 1.29 is 5.11 Å². The van der Waals surface area contributed by atoms with Gasteiger partial charge in [0, 0.05) is 17.8 Å². The molecule has 0 radical (unpaired) electrons. The average Bonchev–Trinajstić information content (AvgIpc) is 2.59. The van der Waals surface area contributed by atoms with E-state index in [2.05, 4.69) is 17.6 Å². The molecule has 1 aliphatic rings. The van der Waals surface area contributed by atoms with E-state index in [-0.39, 0.29) is 0 Å². The summed E-state index contributed by atoms with van der Waals surface area (Å²) in [5, 5.41) is 16.0. The molecule has 0 bridgehead atoms. The highest BCUT2D eigenvalue weighted by molar-refractivity contribution is 5.59. The van der Waals surface area contributed by atoms with E-state index >= 15 is 0 Å². The summed E-state index contributed by atoms with van der Waals surface area (Å²) in [4.78, 5) is 0. The van der Waals surface area contributed by atoms with Crippen LogP contribution in [0.15, 0.2) is 18.2 Å². The number of anilines is 1. The van der Waals surface area contributed by atoms with E-state index in [9.17, 15) is 5.11 Å². The van der Waals surface area contributed by atoms with Crippen molar-refractivity contribution in [1.29, 1.82) is 0 Å². The second kappa shape index (κ2) is 3.50.